The fourth-order valence-corrected chi connectivity index (χ4v) is 0.674. The highest BCUT2D eigenvalue weighted by Crippen LogP contribution is 1.93. The lowest BCUT2D eigenvalue weighted by Crippen LogP contribution is -2.28. The summed E-state index contributed by atoms with van der Waals surface area (Å²) in [5.74, 6) is 2.68. The average Bonchev–Trinajstić information content (AvgIpc) is 2.23. The first kappa shape index (κ1) is 18.3. The van der Waals surface area contributed by atoms with Crippen LogP contribution in [0.5, 0.6) is 0 Å². The summed E-state index contributed by atoms with van der Waals surface area (Å²) in [6.45, 7) is 13.3. The van der Waals surface area contributed by atoms with Gasteiger partial charge in [0.25, 0.3) is 0 Å². The first-order chi connectivity index (χ1) is 6.22. The molecule has 13 heavy (non-hydrogen) atoms. The number of hydrogen-bond donors (Lipinski definition) is 0. The Kier molecular flexibility index (Phi) is 24.8. The second kappa shape index (κ2) is 17.6. The van der Waals surface area contributed by atoms with E-state index in [4.69, 9.17) is 6.42 Å². The van der Waals surface area contributed by atoms with Gasteiger partial charge in [-0.3, -0.25) is 4.90 Å². The van der Waals surface area contributed by atoms with Crippen molar-refractivity contribution < 1.29 is 0 Å². The van der Waals surface area contributed by atoms with E-state index >= 15 is 0 Å². The normalized spacial score (nSPS) is 10.1. The molecule has 0 bridgehead atoms. The summed E-state index contributed by atoms with van der Waals surface area (Å²) in [5, 5.41) is 0. The summed E-state index contributed by atoms with van der Waals surface area (Å²) in [6, 6.07) is 0.282. The highest BCUT2D eigenvalue weighted by Gasteiger charge is 2.01. The smallest absolute Gasteiger partial charge is 0.0680 e. The highest BCUT2D eigenvalue weighted by atomic mass is 15.1. The maximum Gasteiger partial charge on any atom is 0.0680 e. The molecule has 1 unspecified atom stereocenters. The zero-order valence-electron chi connectivity index (χ0n) is 10.5. The molecule has 0 aromatic rings. The van der Waals surface area contributed by atoms with Crippen LogP contribution in [0.4, 0.5) is 0 Å². The van der Waals surface area contributed by atoms with E-state index in [1.807, 2.05) is 41.7 Å². The fourth-order valence-electron chi connectivity index (χ4n) is 0.674. The molecule has 0 aliphatic heterocycles. The van der Waals surface area contributed by atoms with Gasteiger partial charge in [0.1, 0.15) is 0 Å². The summed E-state index contributed by atoms with van der Waals surface area (Å²) in [4.78, 5) is 2.17. The van der Waals surface area contributed by atoms with Crippen molar-refractivity contribution in [3.8, 4) is 12.3 Å². The summed E-state index contributed by atoms with van der Waals surface area (Å²) < 4.78 is 0. The summed E-state index contributed by atoms with van der Waals surface area (Å²) in [6.07, 6.45) is 6.38. The Labute approximate surface area is 85.5 Å². The monoisotopic (exact) mass is 185 g/mol. The molecule has 0 heterocycles. The Morgan fingerprint density at radius 1 is 1.23 bits per heavy atom. The quantitative estimate of drug-likeness (QED) is 0.609. The van der Waals surface area contributed by atoms with Crippen LogP contribution in [0.15, 0.2) is 0 Å². The van der Waals surface area contributed by atoms with E-state index in [2.05, 4.69) is 17.7 Å². The van der Waals surface area contributed by atoms with Gasteiger partial charge in [-0.25, -0.2) is 0 Å². The lowest BCUT2D eigenvalue weighted by molar-refractivity contribution is 0.305. The molecule has 0 saturated heterocycles. The van der Waals surface area contributed by atoms with Crippen molar-refractivity contribution in [3.05, 3.63) is 0 Å². The van der Waals surface area contributed by atoms with Crippen molar-refractivity contribution in [2.24, 2.45) is 0 Å². The highest BCUT2D eigenvalue weighted by molar-refractivity contribution is 4.96. The molecule has 0 N–H and O–H groups in total. The first-order valence-corrected chi connectivity index (χ1v) is 5.38. The molecule has 0 aliphatic carbocycles. The molecule has 80 valence electrons. The van der Waals surface area contributed by atoms with Gasteiger partial charge in [-0.15, -0.1) is 6.42 Å². The van der Waals surface area contributed by atoms with E-state index in [1.54, 1.807) is 0 Å². The van der Waals surface area contributed by atoms with Gasteiger partial charge in [0, 0.05) is 0 Å². The van der Waals surface area contributed by atoms with Gasteiger partial charge in [0.05, 0.1) is 6.04 Å². The zero-order valence-corrected chi connectivity index (χ0v) is 10.5. The van der Waals surface area contributed by atoms with E-state index in [0.717, 1.165) is 6.54 Å². The van der Waals surface area contributed by atoms with Crippen molar-refractivity contribution in [1.29, 1.82) is 0 Å². The number of nitrogens with zero attached hydrogens (tertiary/aromatic N) is 1. The van der Waals surface area contributed by atoms with Crippen LogP contribution in [0.2, 0.25) is 0 Å². The van der Waals surface area contributed by atoms with Gasteiger partial charge in [-0.05, 0) is 26.9 Å². The molecule has 0 fully saturated rings. The van der Waals surface area contributed by atoms with E-state index < -0.39 is 0 Å². The molecule has 0 saturated carbocycles. The molecule has 0 radical (unpaired) electrons. The molecule has 1 nitrogen and oxygen atoms in total. The number of terminal acetylenes is 1. The Morgan fingerprint density at radius 2 is 1.62 bits per heavy atom. The average molecular weight is 185 g/mol. The Balaban J connectivity index is -0.000000218. The van der Waals surface area contributed by atoms with Gasteiger partial charge in [-0.2, -0.15) is 0 Å². The third-order valence-corrected chi connectivity index (χ3v) is 1.48. The van der Waals surface area contributed by atoms with E-state index in [0.29, 0.717) is 0 Å². The minimum absolute atomic E-state index is 0.282. The third-order valence-electron chi connectivity index (χ3n) is 1.48. The summed E-state index contributed by atoms with van der Waals surface area (Å²) in [5.41, 5.74) is 0. The minimum atomic E-state index is 0.282. The van der Waals surface area contributed by atoms with Crippen LogP contribution in [-0.4, -0.2) is 24.5 Å². The predicted molar refractivity (Wildman–Crippen MR) is 63.9 cm³/mol. The number of hydrogen-bond acceptors (Lipinski definition) is 1. The van der Waals surface area contributed by atoms with Gasteiger partial charge >= 0.3 is 0 Å². The molecular formula is C12H27N. The summed E-state index contributed by atoms with van der Waals surface area (Å²) >= 11 is 0. The van der Waals surface area contributed by atoms with Gasteiger partial charge < -0.3 is 0 Å². The maximum atomic E-state index is 5.21. The van der Waals surface area contributed by atoms with Crippen molar-refractivity contribution >= 4 is 0 Å². The van der Waals surface area contributed by atoms with Crippen LogP contribution < -0.4 is 0 Å². The second-order valence-corrected chi connectivity index (χ2v) is 2.32. The Hall–Kier alpha value is -0.480. The second-order valence-electron chi connectivity index (χ2n) is 2.32. The third kappa shape index (κ3) is 14.4. The largest absolute Gasteiger partial charge is 0.293 e. The molecular weight excluding hydrogens is 158 g/mol. The van der Waals surface area contributed by atoms with Crippen LogP contribution in [0, 0.1) is 12.3 Å². The van der Waals surface area contributed by atoms with E-state index in [1.165, 1.54) is 6.42 Å². The fraction of sp³-hybridized carbons (Fsp3) is 0.833. The standard InChI is InChI=1S/C8H15N.2C2H6/c1-5-7-9(4)8(3)6-2;2*1-2/h2,8H,5,7H2,1,3-4H3;2*1-2H3. The molecule has 0 rings (SSSR count). The molecule has 0 aromatic heterocycles. The van der Waals surface area contributed by atoms with Crippen LogP contribution in [0.25, 0.3) is 0 Å². The molecule has 1 atom stereocenters. The van der Waals surface area contributed by atoms with Crippen LogP contribution >= 0.6 is 0 Å². The minimum Gasteiger partial charge on any atom is -0.293 e. The lowest BCUT2D eigenvalue weighted by atomic mass is 10.3. The molecule has 1 heteroatoms. The van der Waals surface area contributed by atoms with E-state index in [-0.39, 0.29) is 6.04 Å². The first-order valence-electron chi connectivity index (χ1n) is 5.38. The molecule has 0 amide bonds. The van der Waals surface area contributed by atoms with Crippen molar-refractivity contribution in [2.75, 3.05) is 13.6 Å². The SMILES string of the molecule is C#CC(C)N(C)CCC.CC.CC. The van der Waals surface area contributed by atoms with Gasteiger partial charge in [-0.1, -0.05) is 40.5 Å². The zero-order chi connectivity index (χ0) is 11.3. The van der Waals surface area contributed by atoms with Gasteiger partial charge in [0.2, 0.25) is 0 Å². The summed E-state index contributed by atoms with van der Waals surface area (Å²) in [7, 11) is 2.05. The molecule has 0 aromatic carbocycles. The Morgan fingerprint density at radius 3 is 1.85 bits per heavy atom. The van der Waals surface area contributed by atoms with Crippen LogP contribution in [0.1, 0.15) is 48.0 Å². The predicted octanol–water partition coefficient (Wildman–Crippen LogP) is 3.40. The topological polar surface area (TPSA) is 3.24 Å². The molecule has 0 spiro atoms. The maximum absolute atomic E-state index is 5.21. The van der Waals surface area contributed by atoms with Crippen molar-refractivity contribution in [1.82, 2.24) is 4.90 Å². The van der Waals surface area contributed by atoms with Crippen LogP contribution in [0.3, 0.4) is 0 Å². The van der Waals surface area contributed by atoms with Crippen molar-refractivity contribution in [3.63, 3.8) is 0 Å². The van der Waals surface area contributed by atoms with E-state index in [9.17, 15) is 0 Å². The lowest BCUT2D eigenvalue weighted by Gasteiger charge is -2.18. The van der Waals surface area contributed by atoms with Crippen molar-refractivity contribution in [2.45, 2.75) is 54.0 Å². The van der Waals surface area contributed by atoms with Gasteiger partial charge in [0.15, 0.2) is 0 Å². The Bertz CT molecular complexity index is 102. The molecule has 0 aliphatic rings. The van der Waals surface area contributed by atoms with Crippen LogP contribution in [-0.2, 0) is 0 Å². The number of rotatable bonds is 3.